The minimum Gasteiger partial charge on any atom is -0.445 e. The molecule has 0 heterocycles. The van der Waals surface area contributed by atoms with Gasteiger partial charge >= 0.3 is 6.09 Å². The molecule has 1 N–H and O–H groups in total. The Hall–Kier alpha value is -1.52. The van der Waals surface area contributed by atoms with E-state index in [-0.39, 0.29) is 12.6 Å². The maximum atomic E-state index is 11.8. The number of carbonyl (C=O) groups excluding carboxylic acids is 1. The summed E-state index contributed by atoms with van der Waals surface area (Å²) in [5.41, 5.74) is 1.89. The van der Waals surface area contributed by atoms with Crippen LogP contribution in [-0.2, 0) is 11.3 Å². The SMILES string of the molecule is C[C@H](NC(=O)OCc1ccccc1)c1ccc(Cl)cc1Br. The topological polar surface area (TPSA) is 38.3 Å². The van der Waals surface area contributed by atoms with Crippen molar-refractivity contribution in [3.05, 3.63) is 69.2 Å². The van der Waals surface area contributed by atoms with Gasteiger partial charge < -0.3 is 10.1 Å². The van der Waals surface area contributed by atoms with Crippen molar-refractivity contribution in [2.75, 3.05) is 0 Å². The van der Waals surface area contributed by atoms with Crippen molar-refractivity contribution in [2.24, 2.45) is 0 Å². The third-order valence-corrected chi connectivity index (χ3v) is 3.90. The zero-order valence-electron chi connectivity index (χ0n) is 11.5. The molecule has 2 aromatic carbocycles. The Balaban J connectivity index is 1.90. The van der Waals surface area contributed by atoms with Gasteiger partial charge in [-0.15, -0.1) is 0 Å². The summed E-state index contributed by atoms with van der Waals surface area (Å²) in [6.07, 6.45) is -0.451. The first-order chi connectivity index (χ1) is 10.1. The second-order valence-corrected chi connectivity index (χ2v) is 5.88. The molecule has 0 fully saturated rings. The van der Waals surface area contributed by atoms with Crippen LogP contribution in [0.5, 0.6) is 0 Å². The molecule has 3 nitrogen and oxygen atoms in total. The molecule has 0 spiro atoms. The van der Waals surface area contributed by atoms with Gasteiger partial charge in [-0.05, 0) is 30.2 Å². The molecule has 0 unspecified atom stereocenters. The van der Waals surface area contributed by atoms with Crippen LogP contribution in [0.25, 0.3) is 0 Å². The van der Waals surface area contributed by atoms with E-state index in [1.165, 1.54) is 0 Å². The highest BCUT2D eigenvalue weighted by atomic mass is 79.9. The van der Waals surface area contributed by atoms with Crippen LogP contribution in [0, 0.1) is 0 Å². The zero-order chi connectivity index (χ0) is 15.2. The molecule has 0 radical (unpaired) electrons. The van der Waals surface area contributed by atoms with E-state index < -0.39 is 6.09 Å². The molecule has 0 aliphatic carbocycles. The third kappa shape index (κ3) is 4.76. The number of hydrogen-bond donors (Lipinski definition) is 1. The Morgan fingerprint density at radius 2 is 2.00 bits per heavy atom. The molecular formula is C16H15BrClNO2. The number of halogens is 2. The van der Waals surface area contributed by atoms with Crippen LogP contribution >= 0.6 is 27.5 Å². The molecule has 0 aliphatic heterocycles. The van der Waals surface area contributed by atoms with Crippen molar-refractivity contribution in [1.82, 2.24) is 5.32 Å². The fourth-order valence-electron chi connectivity index (χ4n) is 1.87. The lowest BCUT2D eigenvalue weighted by Gasteiger charge is -2.16. The average molecular weight is 369 g/mol. The van der Waals surface area contributed by atoms with E-state index >= 15 is 0 Å². The van der Waals surface area contributed by atoms with Gasteiger partial charge in [-0.1, -0.05) is 63.9 Å². The summed E-state index contributed by atoms with van der Waals surface area (Å²) in [6.45, 7) is 2.14. The molecule has 0 bridgehead atoms. The zero-order valence-corrected chi connectivity index (χ0v) is 13.8. The Kier molecular flexibility index (Phi) is 5.65. The fourth-order valence-corrected chi connectivity index (χ4v) is 2.90. The van der Waals surface area contributed by atoms with Gasteiger partial charge in [-0.2, -0.15) is 0 Å². The number of nitrogens with one attached hydrogen (secondary N) is 1. The number of carbonyl (C=O) groups is 1. The van der Waals surface area contributed by atoms with Gasteiger partial charge in [-0.3, -0.25) is 0 Å². The number of alkyl carbamates (subject to hydrolysis) is 1. The van der Waals surface area contributed by atoms with E-state index in [0.29, 0.717) is 5.02 Å². The van der Waals surface area contributed by atoms with E-state index in [9.17, 15) is 4.79 Å². The maximum Gasteiger partial charge on any atom is 0.407 e. The van der Waals surface area contributed by atoms with E-state index in [1.54, 1.807) is 12.1 Å². The maximum absolute atomic E-state index is 11.8. The van der Waals surface area contributed by atoms with Crippen molar-refractivity contribution < 1.29 is 9.53 Å². The average Bonchev–Trinajstić information content (AvgIpc) is 2.46. The van der Waals surface area contributed by atoms with E-state index in [4.69, 9.17) is 16.3 Å². The van der Waals surface area contributed by atoms with Crippen LogP contribution in [0.4, 0.5) is 4.79 Å². The third-order valence-electron chi connectivity index (χ3n) is 2.98. The minimum absolute atomic E-state index is 0.181. The second-order valence-electron chi connectivity index (χ2n) is 4.59. The predicted octanol–water partition coefficient (Wildman–Crippen LogP) is 5.09. The molecule has 0 saturated heterocycles. The first-order valence-electron chi connectivity index (χ1n) is 6.48. The lowest BCUT2D eigenvalue weighted by Crippen LogP contribution is -2.27. The highest BCUT2D eigenvalue weighted by Crippen LogP contribution is 2.26. The number of rotatable bonds is 4. The quantitative estimate of drug-likeness (QED) is 0.816. The largest absolute Gasteiger partial charge is 0.445 e. The summed E-state index contributed by atoms with van der Waals surface area (Å²) >= 11 is 9.34. The molecule has 0 aromatic heterocycles. The van der Waals surface area contributed by atoms with Crippen LogP contribution in [0.1, 0.15) is 24.1 Å². The smallest absolute Gasteiger partial charge is 0.407 e. The molecule has 1 amide bonds. The number of benzene rings is 2. The lowest BCUT2D eigenvalue weighted by atomic mass is 10.1. The van der Waals surface area contributed by atoms with E-state index in [1.807, 2.05) is 43.3 Å². The van der Waals surface area contributed by atoms with E-state index in [2.05, 4.69) is 21.2 Å². The van der Waals surface area contributed by atoms with Crippen LogP contribution < -0.4 is 5.32 Å². The number of hydrogen-bond acceptors (Lipinski definition) is 2. The molecule has 5 heteroatoms. The van der Waals surface area contributed by atoms with Crippen LogP contribution in [-0.4, -0.2) is 6.09 Å². The second kappa shape index (κ2) is 7.48. The van der Waals surface area contributed by atoms with Crippen LogP contribution in [0.2, 0.25) is 5.02 Å². The van der Waals surface area contributed by atoms with Crippen molar-refractivity contribution in [2.45, 2.75) is 19.6 Å². The Morgan fingerprint density at radius 1 is 1.29 bits per heavy atom. The molecular weight excluding hydrogens is 354 g/mol. The van der Waals surface area contributed by atoms with Crippen molar-refractivity contribution >= 4 is 33.6 Å². The van der Waals surface area contributed by atoms with Crippen LogP contribution in [0.3, 0.4) is 0 Å². The van der Waals surface area contributed by atoms with Gasteiger partial charge in [0, 0.05) is 9.50 Å². The minimum atomic E-state index is -0.451. The van der Waals surface area contributed by atoms with E-state index in [0.717, 1.165) is 15.6 Å². The fraction of sp³-hybridized carbons (Fsp3) is 0.188. The summed E-state index contributed by atoms with van der Waals surface area (Å²) < 4.78 is 6.05. The molecule has 1 atom stereocenters. The summed E-state index contributed by atoms with van der Waals surface area (Å²) in [4.78, 5) is 11.8. The van der Waals surface area contributed by atoms with Crippen molar-refractivity contribution in [3.8, 4) is 0 Å². The summed E-state index contributed by atoms with van der Waals surface area (Å²) in [7, 11) is 0. The van der Waals surface area contributed by atoms with Gasteiger partial charge in [0.05, 0.1) is 6.04 Å². The van der Waals surface area contributed by atoms with Crippen molar-refractivity contribution in [1.29, 1.82) is 0 Å². The number of amides is 1. The molecule has 21 heavy (non-hydrogen) atoms. The highest BCUT2D eigenvalue weighted by Gasteiger charge is 2.13. The van der Waals surface area contributed by atoms with Gasteiger partial charge in [-0.25, -0.2) is 4.79 Å². The van der Waals surface area contributed by atoms with Crippen LogP contribution in [0.15, 0.2) is 53.0 Å². The lowest BCUT2D eigenvalue weighted by molar-refractivity contribution is 0.136. The first-order valence-corrected chi connectivity index (χ1v) is 7.65. The molecule has 2 rings (SSSR count). The highest BCUT2D eigenvalue weighted by molar-refractivity contribution is 9.10. The Morgan fingerprint density at radius 3 is 2.67 bits per heavy atom. The molecule has 110 valence electrons. The summed E-state index contributed by atoms with van der Waals surface area (Å²) in [5, 5.41) is 3.44. The summed E-state index contributed by atoms with van der Waals surface area (Å²) in [5.74, 6) is 0. The number of ether oxygens (including phenoxy) is 1. The first kappa shape index (κ1) is 15.9. The van der Waals surface area contributed by atoms with Crippen molar-refractivity contribution in [3.63, 3.8) is 0 Å². The normalized spacial score (nSPS) is 11.8. The monoisotopic (exact) mass is 367 g/mol. The van der Waals surface area contributed by atoms with Gasteiger partial charge in [0.1, 0.15) is 6.61 Å². The molecule has 2 aromatic rings. The van der Waals surface area contributed by atoms with Gasteiger partial charge in [0.25, 0.3) is 0 Å². The van der Waals surface area contributed by atoms with Gasteiger partial charge in [0.2, 0.25) is 0 Å². The molecule has 0 saturated carbocycles. The Labute approximate surface area is 137 Å². The molecule has 0 aliphatic rings. The summed E-state index contributed by atoms with van der Waals surface area (Å²) in [6, 6.07) is 14.8. The van der Waals surface area contributed by atoms with Gasteiger partial charge in [0.15, 0.2) is 0 Å². The predicted molar refractivity (Wildman–Crippen MR) is 87.3 cm³/mol. The Bertz CT molecular complexity index is 619. The standard InChI is InChI=1S/C16H15BrClNO2/c1-11(14-8-7-13(18)9-15(14)17)19-16(20)21-10-12-5-3-2-4-6-12/h2-9,11H,10H2,1H3,(H,19,20)/t11-/m0/s1.